The van der Waals surface area contributed by atoms with E-state index in [9.17, 15) is 4.39 Å². The monoisotopic (exact) mass is 273 g/mol. The summed E-state index contributed by atoms with van der Waals surface area (Å²) in [7, 11) is 0. The lowest BCUT2D eigenvalue weighted by Gasteiger charge is -2.08. The van der Waals surface area contributed by atoms with E-state index in [-0.39, 0.29) is 5.82 Å². The number of rotatable bonds is 3. The highest BCUT2D eigenvalue weighted by Crippen LogP contribution is 2.19. The molecule has 82 valence electrons. The minimum absolute atomic E-state index is 0.350. The molecule has 0 aliphatic rings. The summed E-state index contributed by atoms with van der Waals surface area (Å²) < 4.78 is 14.1. The van der Waals surface area contributed by atoms with Crippen LogP contribution in [0, 0.1) is 5.82 Å². The number of hydrogen-bond acceptors (Lipinski definition) is 2. The number of benzene rings is 1. The Labute approximate surface area is 96.7 Å². The molecule has 0 atom stereocenters. The molecule has 0 saturated heterocycles. The van der Waals surface area contributed by atoms with Gasteiger partial charge in [-0.1, -0.05) is 13.0 Å². The van der Waals surface area contributed by atoms with Crippen LogP contribution in [0.1, 0.15) is 18.9 Å². The zero-order valence-corrected chi connectivity index (χ0v) is 10.0. The molecule has 0 aliphatic heterocycles. The van der Waals surface area contributed by atoms with Crippen LogP contribution in [0.15, 0.2) is 27.7 Å². The van der Waals surface area contributed by atoms with E-state index < -0.39 is 0 Å². The van der Waals surface area contributed by atoms with E-state index in [0.29, 0.717) is 22.4 Å². The summed E-state index contributed by atoms with van der Waals surface area (Å²) in [5.74, 6) is 5.33. The average molecular weight is 274 g/mol. The van der Waals surface area contributed by atoms with Gasteiger partial charge >= 0.3 is 0 Å². The molecule has 0 unspecified atom stereocenters. The van der Waals surface area contributed by atoms with Gasteiger partial charge in [-0.05, 0) is 34.5 Å². The Bertz CT molecular complexity index is 345. The molecular formula is C10H13BrFN3. The Hall–Kier alpha value is -0.940. The second-order valence-electron chi connectivity index (χ2n) is 2.97. The number of halogens is 2. The first-order valence-corrected chi connectivity index (χ1v) is 5.45. The Kier molecular flexibility index (Phi) is 4.71. The van der Waals surface area contributed by atoms with E-state index in [2.05, 4.69) is 26.3 Å². The number of hydrazine groups is 1. The van der Waals surface area contributed by atoms with Crippen molar-refractivity contribution in [3.63, 3.8) is 0 Å². The fourth-order valence-corrected chi connectivity index (χ4v) is 1.67. The summed E-state index contributed by atoms with van der Waals surface area (Å²) >= 11 is 3.26. The van der Waals surface area contributed by atoms with Gasteiger partial charge in [0.25, 0.3) is 0 Å². The van der Waals surface area contributed by atoms with E-state index in [1.54, 1.807) is 12.1 Å². The van der Waals surface area contributed by atoms with Gasteiger partial charge in [0.1, 0.15) is 11.7 Å². The fraction of sp³-hybridized carbons (Fsp3) is 0.300. The molecular weight excluding hydrogens is 261 g/mol. The maximum Gasteiger partial charge on any atom is 0.146 e. The maximum atomic E-state index is 13.5. The molecule has 1 aromatic rings. The molecule has 5 heteroatoms. The van der Waals surface area contributed by atoms with Gasteiger partial charge in [0.15, 0.2) is 0 Å². The first kappa shape index (κ1) is 12.1. The predicted molar refractivity (Wildman–Crippen MR) is 63.1 cm³/mol. The normalized spacial score (nSPS) is 11.6. The number of nitrogens with zero attached hydrogens (tertiary/aromatic N) is 1. The smallest absolute Gasteiger partial charge is 0.146 e. The molecule has 15 heavy (non-hydrogen) atoms. The van der Waals surface area contributed by atoms with Crippen LogP contribution in [0.2, 0.25) is 0 Å². The van der Waals surface area contributed by atoms with Crippen LogP contribution < -0.4 is 11.3 Å². The minimum atomic E-state index is -0.350. The molecule has 0 aliphatic carbocycles. The van der Waals surface area contributed by atoms with Gasteiger partial charge in [-0.3, -0.25) is 4.99 Å². The molecule has 3 N–H and O–H groups in total. The van der Waals surface area contributed by atoms with Crippen LogP contribution in [0.3, 0.4) is 0 Å². The molecule has 1 rings (SSSR count). The summed E-state index contributed by atoms with van der Waals surface area (Å²) in [6.45, 7) is 2.61. The molecule has 0 saturated carbocycles. The molecule has 0 fully saturated rings. The topological polar surface area (TPSA) is 50.4 Å². The van der Waals surface area contributed by atoms with E-state index >= 15 is 0 Å². The summed E-state index contributed by atoms with van der Waals surface area (Å²) in [5, 5.41) is 0. The van der Waals surface area contributed by atoms with Gasteiger partial charge in [-0.25, -0.2) is 10.2 Å². The third-order valence-electron chi connectivity index (χ3n) is 1.83. The van der Waals surface area contributed by atoms with E-state index in [0.717, 1.165) is 6.42 Å². The predicted octanol–water partition coefficient (Wildman–Crippen LogP) is 2.21. The third kappa shape index (κ3) is 3.00. The fourth-order valence-electron chi connectivity index (χ4n) is 1.14. The molecule has 3 nitrogen and oxygen atoms in total. The molecule has 0 heterocycles. The first-order chi connectivity index (χ1) is 7.20. The highest BCUT2D eigenvalue weighted by atomic mass is 79.9. The van der Waals surface area contributed by atoms with E-state index in [1.807, 2.05) is 6.92 Å². The zero-order valence-electron chi connectivity index (χ0n) is 8.43. The Morgan fingerprint density at radius 1 is 1.60 bits per heavy atom. The van der Waals surface area contributed by atoms with Crippen molar-refractivity contribution in [2.45, 2.75) is 13.3 Å². The summed E-state index contributed by atoms with van der Waals surface area (Å²) in [6.07, 6.45) is 0.886. The molecule has 1 aromatic carbocycles. The van der Waals surface area contributed by atoms with Crippen molar-refractivity contribution in [2.75, 3.05) is 6.54 Å². The van der Waals surface area contributed by atoms with Gasteiger partial charge < -0.3 is 5.43 Å². The molecule has 0 radical (unpaired) electrons. The number of amidine groups is 1. The Balaban J connectivity index is 3.11. The van der Waals surface area contributed by atoms with Gasteiger partial charge in [0.2, 0.25) is 0 Å². The summed E-state index contributed by atoms with van der Waals surface area (Å²) in [6, 6.07) is 4.74. The Morgan fingerprint density at radius 2 is 2.33 bits per heavy atom. The largest absolute Gasteiger partial charge is 0.308 e. The first-order valence-electron chi connectivity index (χ1n) is 4.66. The average Bonchev–Trinajstić information content (AvgIpc) is 2.22. The van der Waals surface area contributed by atoms with Crippen molar-refractivity contribution in [2.24, 2.45) is 10.8 Å². The summed E-state index contributed by atoms with van der Waals surface area (Å²) in [4.78, 5) is 4.16. The van der Waals surface area contributed by atoms with Gasteiger partial charge in [-0.2, -0.15) is 0 Å². The maximum absolute atomic E-state index is 13.5. The molecule has 0 spiro atoms. The van der Waals surface area contributed by atoms with Crippen LogP contribution in [-0.2, 0) is 0 Å². The lowest BCUT2D eigenvalue weighted by molar-refractivity contribution is 0.622. The van der Waals surface area contributed by atoms with Crippen molar-refractivity contribution in [3.05, 3.63) is 34.1 Å². The third-order valence-corrected chi connectivity index (χ3v) is 2.49. The van der Waals surface area contributed by atoms with Crippen LogP contribution in [0.4, 0.5) is 4.39 Å². The number of nitrogens with two attached hydrogens (primary N) is 1. The number of nitrogens with one attached hydrogen (secondary N) is 1. The summed E-state index contributed by atoms with van der Waals surface area (Å²) in [5.41, 5.74) is 2.78. The van der Waals surface area contributed by atoms with Crippen LogP contribution in [0.25, 0.3) is 0 Å². The highest BCUT2D eigenvalue weighted by molar-refractivity contribution is 9.10. The minimum Gasteiger partial charge on any atom is -0.308 e. The quantitative estimate of drug-likeness (QED) is 0.384. The molecule has 0 amide bonds. The standard InChI is InChI=1S/C10H13BrFN3/c1-2-6-14-10(15-13)9-7(11)4-3-5-8(9)12/h3-5H,2,6,13H2,1H3,(H,14,15). The van der Waals surface area contributed by atoms with E-state index in [1.165, 1.54) is 6.07 Å². The highest BCUT2D eigenvalue weighted by Gasteiger charge is 2.11. The zero-order chi connectivity index (χ0) is 11.3. The lowest BCUT2D eigenvalue weighted by Crippen LogP contribution is -2.32. The second kappa shape index (κ2) is 5.82. The van der Waals surface area contributed by atoms with Crippen LogP contribution in [-0.4, -0.2) is 12.4 Å². The van der Waals surface area contributed by atoms with Gasteiger partial charge in [-0.15, -0.1) is 0 Å². The van der Waals surface area contributed by atoms with Crippen molar-refractivity contribution in [1.82, 2.24) is 5.43 Å². The van der Waals surface area contributed by atoms with Crippen molar-refractivity contribution in [3.8, 4) is 0 Å². The lowest BCUT2D eigenvalue weighted by atomic mass is 10.2. The van der Waals surface area contributed by atoms with Crippen LogP contribution >= 0.6 is 15.9 Å². The van der Waals surface area contributed by atoms with Gasteiger partial charge in [0.05, 0.1) is 5.56 Å². The number of aliphatic imine (C=N–C) groups is 1. The SMILES string of the molecule is CCCN=C(NN)c1c(F)cccc1Br. The van der Waals surface area contributed by atoms with Crippen LogP contribution in [0.5, 0.6) is 0 Å². The van der Waals surface area contributed by atoms with Gasteiger partial charge in [0, 0.05) is 11.0 Å². The van der Waals surface area contributed by atoms with E-state index in [4.69, 9.17) is 5.84 Å². The van der Waals surface area contributed by atoms with Crippen molar-refractivity contribution < 1.29 is 4.39 Å². The van der Waals surface area contributed by atoms with Crippen molar-refractivity contribution in [1.29, 1.82) is 0 Å². The second-order valence-corrected chi connectivity index (χ2v) is 3.83. The Morgan fingerprint density at radius 3 is 2.87 bits per heavy atom. The molecule has 0 aromatic heterocycles. The molecule has 0 bridgehead atoms. The number of hydrogen-bond donors (Lipinski definition) is 2. The van der Waals surface area contributed by atoms with Crippen molar-refractivity contribution >= 4 is 21.8 Å².